The number of hydrogen-bond acceptors (Lipinski definition) is 5. The van der Waals surface area contributed by atoms with Crippen molar-refractivity contribution in [2.45, 2.75) is 25.8 Å². The van der Waals surface area contributed by atoms with Crippen molar-refractivity contribution in [1.29, 1.82) is 0 Å². The molecule has 0 aromatic carbocycles. The quantitative estimate of drug-likeness (QED) is 0.855. The molecule has 0 spiro atoms. The molecule has 2 aromatic heterocycles. The largest absolute Gasteiger partial charge is 0.348 e. The summed E-state index contributed by atoms with van der Waals surface area (Å²) in [5.41, 5.74) is 7.38. The molecule has 1 saturated carbocycles. The summed E-state index contributed by atoms with van der Waals surface area (Å²) >= 11 is 0. The Labute approximate surface area is 110 Å². The van der Waals surface area contributed by atoms with Crippen molar-refractivity contribution in [3.8, 4) is 0 Å². The first kappa shape index (κ1) is 12.1. The van der Waals surface area contributed by atoms with Gasteiger partial charge in [0.25, 0.3) is 11.6 Å². The molecule has 0 saturated heterocycles. The Morgan fingerprint density at radius 2 is 2.42 bits per heavy atom. The highest BCUT2D eigenvalue weighted by atomic mass is 16.5. The van der Waals surface area contributed by atoms with Gasteiger partial charge < -0.3 is 15.6 Å². The molecule has 100 valence electrons. The van der Waals surface area contributed by atoms with E-state index in [1.165, 1.54) is 6.20 Å². The highest BCUT2D eigenvalue weighted by molar-refractivity contribution is 5.97. The minimum absolute atomic E-state index is 0.0618. The van der Waals surface area contributed by atoms with Gasteiger partial charge in [-0.2, -0.15) is 0 Å². The van der Waals surface area contributed by atoms with Crippen molar-refractivity contribution >= 4 is 17.0 Å². The van der Waals surface area contributed by atoms with Crippen molar-refractivity contribution in [2.75, 3.05) is 6.54 Å². The second-order valence-electron chi connectivity index (χ2n) is 5.00. The summed E-state index contributed by atoms with van der Waals surface area (Å²) in [5, 5.41) is 7.56. The molecule has 6 heteroatoms. The lowest BCUT2D eigenvalue weighted by atomic mass is 10.1. The molecule has 1 unspecified atom stereocenters. The number of carbonyl (C=O) groups excluding carboxylic acids is 1. The van der Waals surface area contributed by atoms with E-state index in [1.54, 1.807) is 6.07 Å². The third-order valence-corrected chi connectivity index (χ3v) is 3.53. The van der Waals surface area contributed by atoms with E-state index in [-0.39, 0.29) is 11.9 Å². The van der Waals surface area contributed by atoms with E-state index in [2.05, 4.69) is 15.5 Å². The third-order valence-electron chi connectivity index (χ3n) is 3.53. The fourth-order valence-electron chi connectivity index (χ4n) is 2.19. The van der Waals surface area contributed by atoms with Gasteiger partial charge in [0.15, 0.2) is 0 Å². The SMILES string of the molecule is Cc1noc2ncc(C(=O)NC(CN)C3CC3)cc12. The first-order valence-corrected chi connectivity index (χ1v) is 6.42. The number of aromatic nitrogens is 2. The van der Waals surface area contributed by atoms with Gasteiger partial charge in [-0.05, 0) is 31.7 Å². The standard InChI is InChI=1S/C13H16N4O2/c1-7-10-4-9(6-15-13(10)19-17-7)12(18)16-11(5-14)8-2-3-8/h4,6,8,11H,2-3,5,14H2,1H3,(H,16,18). The summed E-state index contributed by atoms with van der Waals surface area (Å²) in [5.74, 6) is 0.389. The molecule has 1 amide bonds. The van der Waals surface area contributed by atoms with Crippen molar-refractivity contribution in [2.24, 2.45) is 11.7 Å². The zero-order valence-electron chi connectivity index (χ0n) is 10.7. The minimum Gasteiger partial charge on any atom is -0.348 e. The number of nitrogens with zero attached hydrogens (tertiary/aromatic N) is 2. The van der Waals surface area contributed by atoms with E-state index in [4.69, 9.17) is 10.3 Å². The lowest BCUT2D eigenvalue weighted by molar-refractivity contribution is 0.0933. The van der Waals surface area contributed by atoms with Crippen LogP contribution in [0.3, 0.4) is 0 Å². The Morgan fingerprint density at radius 1 is 1.63 bits per heavy atom. The predicted molar refractivity (Wildman–Crippen MR) is 69.6 cm³/mol. The second-order valence-corrected chi connectivity index (χ2v) is 5.00. The molecule has 1 aliphatic carbocycles. The van der Waals surface area contributed by atoms with Gasteiger partial charge >= 0.3 is 0 Å². The van der Waals surface area contributed by atoms with Crippen LogP contribution in [0, 0.1) is 12.8 Å². The van der Waals surface area contributed by atoms with Crippen LogP contribution < -0.4 is 11.1 Å². The van der Waals surface area contributed by atoms with Gasteiger partial charge in [-0.1, -0.05) is 5.16 Å². The van der Waals surface area contributed by atoms with E-state index in [1.807, 2.05) is 6.92 Å². The Hall–Kier alpha value is -1.95. The van der Waals surface area contributed by atoms with Crippen molar-refractivity contribution < 1.29 is 9.32 Å². The summed E-state index contributed by atoms with van der Waals surface area (Å²) in [6.45, 7) is 2.29. The van der Waals surface area contributed by atoms with Gasteiger partial charge in [0, 0.05) is 18.8 Å². The minimum atomic E-state index is -0.141. The Bertz CT molecular complexity index is 618. The van der Waals surface area contributed by atoms with Gasteiger partial charge in [-0.15, -0.1) is 0 Å². The zero-order chi connectivity index (χ0) is 13.4. The molecule has 0 bridgehead atoms. The first-order chi connectivity index (χ1) is 9.19. The van der Waals surface area contributed by atoms with E-state index < -0.39 is 0 Å². The van der Waals surface area contributed by atoms with Gasteiger partial charge in [-0.25, -0.2) is 4.98 Å². The van der Waals surface area contributed by atoms with Crippen LogP contribution in [0.1, 0.15) is 28.9 Å². The molecular weight excluding hydrogens is 244 g/mol. The molecular formula is C13H16N4O2. The van der Waals surface area contributed by atoms with Gasteiger partial charge in [0.2, 0.25) is 0 Å². The Morgan fingerprint density at radius 3 is 3.11 bits per heavy atom. The van der Waals surface area contributed by atoms with Crippen LogP contribution in [0.4, 0.5) is 0 Å². The maximum atomic E-state index is 12.2. The van der Waals surface area contributed by atoms with Crippen molar-refractivity contribution in [3.05, 3.63) is 23.5 Å². The number of fused-ring (bicyclic) bond motifs is 1. The number of rotatable bonds is 4. The summed E-state index contributed by atoms with van der Waals surface area (Å²) in [6.07, 6.45) is 3.79. The number of hydrogen-bond donors (Lipinski definition) is 2. The fraction of sp³-hybridized carbons (Fsp3) is 0.462. The molecule has 6 nitrogen and oxygen atoms in total. The van der Waals surface area contributed by atoms with E-state index in [0.29, 0.717) is 23.7 Å². The zero-order valence-corrected chi connectivity index (χ0v) is 10.7. The van der Waals surface area contributed by atoms with Crippen LogP contribution in [0.15, 0.2) is 16.8 Å². The predicted octanol–water partition coefficient (Wildman–Crippen LogP) is 0.998. The van der Waals surface area contributed by atoms with Crippen LogP contribution in [0.25, 0.3) is 11.1 Å². The lowest BCUT2D eigenvalue weighted by Crippen LogP contribution is -2.41. The maximum Gasteiger partial charge on any atom is 0.257 e. The van der Waals surface area contributed by atoms with E-state index in [0.717, 1.165) is 23.9 Å². The number of aryl methyl sites for hydroxylation is 1. The number of pyridine rings is 1. The van der Waals surface area contributed by atoms with E-state index in [9.17, 15) is 4.79 Å². The topological polar surface area (TPSA) is 94.0 Å². The van der Waals surface area contributed by atoms with Crippen LogP contribution in [-0.4, -0.2) is 28.6 Å². The molecule has 1 fully saturated rings. The Balaban J connectivity index is 1.82. The van der Waals surface area contributed by atoms with Crippen LogP contribution >= 0.6 is 0 Å². The van der Waals surface area contributed by atoms with Crippen LogP contribution in [0.2, 0.25) is 0 Å². The van der Waals surface area contributed by atoms with Gasteiger partial charge in [0.1, 0.15) is 0 Å². The highest BCUT2D eigenvalue weighted by Gasteiger charge is 2.31. The molecule has 0 radical (unpaired) electrons. The first-order valence-electron chi connectivity index (χ1n) is 6.42. The molecule has 2 aromatic rings. The van der Waals surface area contributed by atoms with Crippen LogP contribution in [0.5, 0.6) is 0 Å². The molecule has 0 aliphatic heterocycles. The van der Waals surface area contributed by atoms with E-state index >= 15 is 0 Å². The summed E-state index contributed by atoms with van der Waals surface area (Å²) in [7, 11) is 0. The smallest absolute Gasteiger partial charge is 0.257 e. The molecule has 3 rings (SSSR count). The maximum absolute atomic E-state index is 12.2. The molecule has 1 aliphatic rings. The van der Waals surface area contributed by atoms with Crippen LogP contribution in [-0.2, 0) is 0 Å². The molecule has 3 N–H and O–H groups in total. The lowest BCUT2D eigenvalue weighted by Gasteiger charge is -2.15. The Kier molecular flexibility index (Phi) is 2.94. The summed E-state index contributed by atoms with van der Waals surface area (Å²) in [4.78, 5) is 16.3. The number of carbonyl (C=O) groups is 1. The highest BCUT2D eigenvalue weighted by Crippen LogP contribution is 2.32. The van der Waals surface area contributed by atoms with Gasteiger partial charge in [-0.3, -0.25) is 4.79 Å². The average Bonchev–Trinajstić information content (AvgIpc) is 3.20. The average molecular weight is 260 g/mol. The second kappa shape index (κ2) is 4.62. The fourth-order valence-corrected chi connectivity index (χ4v) is 2.19. The van der Waals surface area contributed by atoms with Crippen molar-refractivity contribution in [3.63, 3.8) is 0 Å². The normalized spacial score (nSPS) is 16.5. The number of nitrogens with two attached hydrogens (primary N) is 1. The van der Waals surface area contributed by atoms with Gasteiger partial charge in [0.05, 0.1) is 16.6 Å². The summed E-state index contributed by atoms with van der Waals surface area (Å²) < 4.78 is 5.02. The summed E-state index contributed by atoms with van der Waals surface area (Å²) in [6, 6.07) is 1.82. The monoisotopic (exact) mass is 260 g/mol. The molecule has 19 heavy (non-hydrogen) atoms. The number of amides is 1. The molecule has 2 heterocycles. The third kappa shape index (κ3) is 2.31. The van der Waals surface area contributed by atoms with Crippen molar-refractivity contribution in [1.82, 2.24) is 15.5 Å². The number of nitrogens with one attached hydrogen (secondary N) is 1. The molecule has 1 atom stereocenters.